The number of hydrogen-bond acceptors (Lipinski definition) is 0. The molecule has 0 aromatic carbocycles. The zero-order valence-electron chi connectivity index (χ0n) is 7.39. The first-order valence-electron chi connectivity index (χ1n) is 4.65. The van der Waals surface area contributed by atoms with E-state index in [2.05, 4.69) is 0 Å². The van der Waals surface area contributed by atoms with E-state index in [0.717, 1.165) is 12.8 Å². The lowest BCUT2D eigenvalue weighted by molar-refractivity contribution is 0.596. The molecule has 0 aromatic rings. The molecule has 0 rings (SSSR count). The molecule has 0 spiro atoms. The van der Waals surface area contributed by atoms with Crippen LogP contribution in [0.3, 0.4) is 0 Å². The first-order chi connectivity index (χ1) is 5.41. The average molecular weight is 151 g/mol. The minimum absolute atomic E-state index is 0.844. The Labute approximate surface area is 72.4 Å². The zero-order valence-corrected chi connectivity index (χ0v) is 7.39. The second-order valence-corrected chi connectivity index (χ2v) is 2.93. The van der Waals surface area contributed by atoms with Crippen LogP contribution in [0.2, 0.25) is 0 Å². The van der Waals surface area contributed by atoms with E-state index in [1.807, 2.05) is 0 Å². The standard InChI is InChI=1S/C11H19/c1-3-5-7-9-11-10-8-6-4-2/h1-3H,4-11H2. The Morgan fingerprint density at radius 3 is 1.91 bits per heavy atom. The van der Waals surface area contributed by atoms with E-state index in [9.17, 15) is 0 Å². The van der Waals surface area contributed by atoms with Crippen LogP contribution in [0.1, 0.15) is 51.4 Å². The lowest BCUT2D eigenvalue weighted by Crippen LogP contribution is -1.79. The van der Waals surface area contributed by atoms with Gasteiger partial charge in [0.25, 0.3) is 0 Å². The molecule has 0 bridgehead atoms. The van der Waals surface area contributed by atoms with Gasteiger partial charge in [0.15, 0.2) is 0 Å². The summed E-state index contributed by atoms with van der Waals surface area (Å²) in [5.41, 5.74) is 0. The molecule has 0 aliphatic rings. The zero-order chi connectivity index (χ0) is 8.36. The van der Waals surface area contributed by atoms with Crippen molar-refractivity contribution in [2.24, 2.45) is 0 Å². The van der Waals surface area contributed by atoms with Crippen LogP contribution >= 0.6 is 0 Å². The van der Waals surface area contributed by atoms with Crippen LogP contribution in [0, 0.1) is 20.3 Å². The number of hydrogen-bond donors (Lipinski definition) is 0. The van der Waals surface area contributed by atoms with Gasteiger partial charge in [-0.05, 0) is 33.1 Å². The Morgan fingerprint density at radius 2 is 1.36 bits per heavy atom. The Hall–Kier alpha value is 0. The summed E-state index contributed by atoms with van der Waals surface area (Å²) in [6, 6.07) is 0. The molecule has 0 heteroatoms. The molecule has 0 heterocycles. The topological polar surface area (TPSA) is 0 Å². The van der Waals surface area contributed by atoms with Gasteiger partial charge < -0.3 is 0 Å². The highest BCUT2D eigenvalue weighted by molar-refractivity contribution is 4.65. The highest BCUT2D eigenvalue weighted by Gasteiger charge is 1.89. The monoisotopic (exact) mass is 151 g/mol. The second-order valence-electron chi connectivity index (χ2n) is 2.93. The first-order valence-corrected chi connectivity index (χ1v) is 4.65. The fourth-order valence-electron chi connectivity index (χ4n) is 1.11. The Morgan fingerprint density at radius 1 is 0.818 bits per heavy atom. The van der Waals surface area contributed by atoms with E-state index in [1.165, 1.54) is 38.5 Å². The van der Waals surface area contributed by atoms with Gasteiger partial charge in [0, 0.05) is 0 Å². The van der Waals surface area contributed by atoms with Gasteiger partial charge in [0.1, 0.15) is 0 Å². The molecule has 0 aliphatic heterocycles. The molecule has 0 aliphatic carbocycles. The normalized spacial score (nSPS) is 10.4. The van der Waals surface area contributed by atoms with Crippen molar-refractivity contribution in [3.63, 3.8) is 0 Å². The molecule has 5 radical (unpaired) electrons. The molecule has 0 amide bonds. The predicted octanol–water partition coefficient (Wildman–Crippen LogP) is 3.73. The highest BCUT2D eigenvalue weighted by atomic mass is 13.9. The van der Waals surface area contributed by atoms with E-state index in [-0.39, 0.29) is 0 Å². The van der Waals surface area contributed by atoms with Gasteiger partial charge in [-0.1, -0.05) is 38.5 Å². The molecule has 0 unspecified atom stereocenters. The number of rotatable bonds is 8. The SMILES string of the molecule is [CH][CH]CCCCCCCC[CH]. The van der Waals surface area contributed by atoms with E-state index in [4.69, 9.17) is 13.8 Å². The van der Waals surface area contributed by atoms with Gasteiger partial charge in [-0.2, -0.15) is 0 Å². The van der Waals surface area contributed by atoms with Crippen LogP contribution in [0.15, 0.2) is 0 Å². The summed E-state index contributed by atoms with van der Waals surface area (Å²) in [5, 5.41) is 0. The molecule has 11 heavy (non-hydrogen) atoms. The Bertz CT molecular complexity index is 49.1. The third kappa shape index (κ3) is 10.0. The summed E-state index contributed by atoms with van der Waals surface area (Å²) in [6.45, 7) is 10.6. The minimum Gasteiger partial charge on any atom is -0.0533 e. The van der Waals surface area contributed by atoms with Crippen molar-refractivity contribution in [2.75, 3.05) is 0 Å². The molecule has 63 valence electrons. The van der Waals surface area contributed by atoms with Crippen LogP contribution in [0.5, 0.6) is 0 Å². The fourth-order valence-corrected chi connectivity index (χ4v) is 1.11. The van der Waals surface area contributed by atoms with Gasteiger partial charge in [-0.3, -0.25) is 0 Å². The third-order valence-corrected chi connectivity index (χ3v) is 1.82. The summed E-state index contributed by atoms with van der Waals surface area (Å²) in [5.74, 6) is 0. The second kappa shape index (κ2) is 10.0. The van der Waals surface area contributed by atoms with Crippen molar-refractivity contribution in [1.82, 2.24) is 0 Å². The van der Waals surface area contributed by atoms with E-state index >= 15 is 0 Å². The van der Waals surface area contributed by atoms with Crippen LogP contribution in [-0.2, 0) is 0 Å². The molecule has 0 fully saturated rings. The molecular weight excluding hydrogens is 132 g/mol. The smallest absolute Gasteiger partial charge is 0.0315 e. The first kappa shape index (κ1) is 11.0. The van der Waals surface area contributed by atoms with Crippen molar-refractivity contribution in [3.05, 3.63) is 20.3 Å². The van der Waals surface area contributed by atoms with Gasteiger partial charge in [-0.15, -0.1) is 0 Å². The van der Waals surface area contributed by atoms with Gasteiger partial charge in [0.2, 0.25) is 0 Å². The molecular formula is C11H19. The molecule has 0 saturated heterocycles. The number of unbranched alkanes of at least 4 members (excludes halogenated alkanes) is 8. The summed E-state index contributed by atoms with van der Waals surface area (Å²) in [6.07, 6.45) is 11.4. The predicted molar refractivity (Wildman–Crippen MR) is 49.8 cm³/mol. The quantitative estimate of drug-likeness (QED) is 0.464. The maximum Gasteiger partial charge on any atom is -0.0315 e. The van der Waals surface area contributed by atoms with Crippen LogP contribution in [0.4, 0.5) is 0 Å². The largest absolute Gasteiger partial charge is 0.0533 e. The van der Waals surface area contributed by atoms with E-state index in [1.54, 1.807) is 6.42 Å². The summed E-state index contributed by atoms with van der Waals surface area (Å²) in [7, 11) is 0. The van der Waals surface area contributed by atoms with Crippen molar-refractivity contribution in [1.29, 1.82) is 0 Å². The molecule has 0 atom stereocenters. The fraction of sp³-hybridized carbons (Fsp3) is 0.727. The summed E-state index contributed by atoms with van der Waals surface area (Å²) < 4.78 is 0. The molecule has 0 N–H and O–H groups in total. The van der Waals surface area contributed by atoms with E-state index < -0.39 is 0 Å². The van der Waals surface area contributed by atoms with Crippen molar-refractivity contribution < 1.29 is 0 Å². The van der Waals surface area contributed by atoms with Gasteiger partial charge in [0.05, 0.1) is 0 Å². The highest BCUT2D eigenvalue weighted by Crippen LogP contribution is 2.08. The minimum atomic E-state index is 0.844. The van der Waals surface area contributed by atoms with Crippen molar-refractivity contribution >= 4 is 0 Å². The van der Waals surface area contributed by atoms with Gasteiger partial charge in [-0.25, -0.2) is 0 Å². The van der Waals surface area contributed by atoms with Crippen LogP contribution in [0.25, 0.3) is 0 Å². The van der Waals surface area contributed by atoms with Crippen LogP contribution < -0.4 is 0 Å². The molecule has 0 aromatic heterocycles. The van der Waals surface area contributed by atoms with Crippen molar-refractivity contribution in [2.45, 2.75) is 51.4 Å². The lowest BCUT2D eigenvalue weighted by atomic mass is 10.1. The summed E-state index contributed by atoms with van der Waals surface area (Å²) in [4.78, 5) is 0. The maximum atomic E-state index is 5.37. The Balaban J connectivity index is 2.69. The van der Waals surface area contributed by atoms with Gasteiger partial charge >= 0.3 is 0 Å². The molecule has 0 nitrogen and oxygen atoms in total. The van der Waals surface area contributed by atoms with Crippen molar-refractivity contribution in [3.8, 4) is 0 Å². The third-order valence-electron chi connectivity index (χ3n) is 1.82. The maximum absolute atomic E-state index is 5.37. The average Bonchev–Trinajstić information content (AvgIpc) is 2.03. The molecule has 0 saturated carbocycles. The summed E-state index contributed by atoms with van der Waals surface area (Å²) >= 11 is 0. The van der Waals surface area contributed by atoms with E-state index in [0.29, 0.717) is 0 Å². The Kier molecular flexibility index (Phi) is 10.0. The lowest BCUT2D eigenvalue weighted by Gasteiger charge is -1.98. The van der Waals surface area contributed by atoms with Crippen LogP contribution in [-0.4, -0.2) is 0 Å².